The largest absolute Gasteiger partial charge is 0.357 e. The zero-order valence-electron chi connectivity index (χ0n) is 12.5. The average Bonchev–Trinajstić information content (AvgIpc) is 3.09. The Bertz CT molecular complexity index is 585. The van der Waals surface area contributed by atoms with E-state index in [9.17, 15) is 4.79 Å². The molecular weight excluding hydrogens is 294 g/mol. The maximum atomic E-state index is 12.0. The lowest BCUT2D eigenvalue weighted by molar-refractivity contribution is 0.0931. The van der Waals surface area contributed by atoms with E-state index in [1.54, 1.807) is 12.3 Å². The number of H-pyrrole nitrogens is 1. The van der Waals surface area contributed by atoms with Gasteiger partial charge in [-0.25, -0.2) is 0 Å². The maximum Gasteiger partial charge on any atom is 0.267 e. The average molecular weight is 315 g/mol. The predicted molar refractivity (Wildman–Crippen MR) is 91.1 cm³/mol. The van der Waals surface area contributed by atoms with Gasteiger partial charge in [-0.2, -0.15) is 11.8 Å². The summed E-state index contributed by atoms with van der Waals surface area (Å²) in [6, 6.07) is 14.6. The summed E-state index contributed by atoms with van der Waals surface area (Å²) in [6.45, 7) is 2.71. The molecule has 0 unspecified atom stereocenters. The van der Waals surface area contributed by atoms with E-state index >= 15 is 0 Å². The Morgan fingerprint density at radius 1 is 1.27 bits per heavy atom. The van der Waals surface area contributed by atoms with E-state index < -0.39 is 0 Å². The van der Waals surface area contributed by atoms with Crippen LogP contribution in [-0.4, -0.2) is 46.4 Å². The lowest BCUT2D eigenvalue weighted by Gasteiger charge is -2.35. The monoisotopic (exact) mass is 315 g/mol. The van der Waals surface area contributed by atoms with Gasteiger partial charge in [0.05, 0.1) is 0 Å². The molecule has 2 aromatic rings. The van der Waals surface area contributed by atoms with Crippen LogP contribution >= 0.6 is 11.8 Å². The summed E-state index contributed by atoms with van der Waals surface area (Å²) in [5, 5.41) is 3.05. The quantitative estimate of drug-likeness (QED) is 0.890. The van der Waals surface area contributed by atoms with Crippen LogP contribution in [0.1, 0.15) is 16.1 Å². The van der Waals surface area contributed by atoms with E-state index in [4.69, 9.17) is 0 Å². The highest BCUT2D eigenvalue weighted by Crippen LogP contribution is 2.18. The Morgan fingerprint density at radius 2 is 2.14 bits per heavy atom. The molecule has 1 amide bonds. The topological polar surface area (TPSA) is 48.1 Å². The van der Waals surface area contributed by atoms with Crippen LogP contribution < -0.4 is 5.32 Å². The van der Waals surface area contributed by atoms with Crippen LogP contribution in [0.2, 0.25) is 0 Å². The number of nitrogens with zero attached hydrogens (tertiary/aromatic N) is 1. The maximum absolute atomic E-state index is 12.0. The first-order valence-corrected chi connectivity index (χ1v) is 8.76. The van der Waals surface area contributed by atoms with E-state index in [1.807, 2.05) is 23.9 Å². The van der Waals surface area contributed by atoms with Crippen LogP contribution in [0.5, 0.6) is 0 Å². The summed E-state index contributed by atoms with van der Waals surface area (Å²) in [6.07, 6.45) is 1.77. The third-order valence-corrected chi connectivity index (χ3v) is 5.01. The zero-order valence-corrected chi connectivity index (χ0v) is 13.3. The fourth-order valence-corrected chi connectivity index (χ4v) is 3.81. The summed E-state index contributed by atoms with van der Waals surface area (Å²) in [5.74, 6) is 2.20. The summed E-state index contributed by atoms with van der Waals surface area (Å²) in [7, 11) is 0. The molecule has 1 aromatic carbocycles. The zero-order chi connectivity index (χ0) is 15.2. The van der Waals surface area contributed by atoms with Crippen LogP contribution in [0, 0.1) is 0 Å². The molecule has 1 saturated heterocycles. The Labute approximate surface area is 135 Å². The molecule has 0 saturated carbocycles. The van der Waals surface area contributed by atoms with Crippen molar-refractivity contribution in [2.75, 3.05) is 24.6 Å². The van der Waals surface area contributed by atoms with Crippen molar-refractivity contribution in [2.24, 2.45) is 0 Å². The van der Waals surface area contributed by atoms with Gasteiger partial charge in [-0.05, 0) is 17.7 Å². The molecule has 116 valence electrons. The van der Waals surface area contributed by atoms with Crippen LogP contribution in [-0.2, 0) is 6.54 Å². The van der Waals surface area contributed by atoms with Gasteiger partial charge in [0, 0.05) is 43.4 Å². The highest BCUT2D eigenvalue weighted by molar-refractivity contribution is 7.99. The number of benzene rings is 1. The number of thioether (sulfide) groups is 1. The Hall–Kier alpha value is -1.72. The third-order valence-electron chi connectivity index (χ3n) is 3.92. The van der Waals surface area contributed by atoms with Crippen molar-refractivity contribution in [1.29, 1.82) is 0 Å². The summed E-state index contributed by atoms with van der Waals surface area (Å²) in [5.41, 5.74) is 1.95. The molecule has 0 bridgehead atoms. The fourth-order valence-electron chi connectivity index (χ4n) is 2.68. The lowest BCUT2D eigenvalue weighted by atomic mass is 10.1. The van der Waals surface area contributed by atoms with Crippen LogP contribution in [0.25, 0.3) is 0 Å². The molecule has 0 radical (unpaired) electrons. The second-order valence-corrected chi connectivity index (χ2v) is 6.63. The number of rotatable bonds is 5. The normalized spacial score (nSPS) is 19.0. The van der Waals surface area contributed by atoms with Gasteiger partial charge in [0.25, 0.3) is 5.91 Å². The summed E-state index contributed by atoms with van der Waals surface area (Å²) in [4.78, 5) is 17.5. The molecular formula is C17H21N3OS. The highest BCUT2D eigenvalue weighted by atomic mass is 32.2. The van der Waals surface area contributed by atoms with Crippen molar-refractivity contribution in [3.05, 3.63) is 59.9 Å². The standard InChI is InChI=1S/C17H21N3OS/c21-17(16-7-4-8-18-16)19-11-15-13-22-10-9-20(15)12-14-5-2-1-3-6-14/h1-8,15,18H,9-13H2,(H,19,21)/t15-/m1/s1. The van der Waals surface area contributed by atoms with Gasteiger partial charge in [-0.1, -0.05) is 30.3 Å². The minimum atomic E-state index is -0.0276. The summed E-state index contributed by atoms with van der Waals surface area (Å²) < 4.78 is 0. The van der Waals surface area contributed by atoms with Crippen molar-refractivity contribution in [3.63, 3.8) is 0 Å². The molecule has 3 rings (SSSR count). The van der Waals surface area contributed by atoms with Gasteiger partial charge in [0.2, 0.25) is 0 Å². The van der Waals surface area contributed by atoms with Gasteiger partial charge >= 0.3 is 0 Å². The smallest absolute Gasteiger partial charge is 0.267 e. The number of amides is 1. The first-order valence-electron chi connectivity index (χ1n) is 7.60. The number of nitrogens with one attached hydrogen (secondary N) is 2. The van der Waals surface area contributed by atoms with Gasteiger partial charge in [0.1, 0.15) is 5.69 Å². The number of hydrogen-bond donors (Lipinski definition) is 2. The Kier molecular flexibility index (Phi) is 5.19. The minimum Gasteiger partial charge on any atom is -0.357 e. The summed E-state index contributed by atoms with van der Waals surface area (Å²) >= 11 is 1.97. The van der Waals surface area contributed by atoms with Gasteiger partial charge in [-0.3, -0.25) is 9.69 Å². The number of aromatic nitrogens is 1. The van der Waals surface area contributed by atoms with Crippen LogP contribution in [0.4, 0.5) is 0 Å². The molecule has 1 atom stereocenters. The van der Waals surface area contributed by atoms with E-state index in [0.29, 0.717) is 18.3 Å². The van der Waals surface area contributed by atoms with Crippen LogP contribution in [0.15, 0.2) is 48.7 Å². The van der Waals surface area contributed by atoms with Crippen molar-refractivity contribution >= 4 is 17.7 Å². The second kappa shape index (κ2) is 7.51. The third kappa shape index (κ3) is 3.93. The Balaban J connectivity index is 1.57. The van der Waals surface area contributed by atoms with Crippen molar-refractivity contribution in [1.82, 2.24) is 15.2 Å². The molecule has 22 heavy (non-hydrogen) atoms. The van der Waals surface area contributed by atoms with Gasteiger partial charge < -0.3 is 10.3 Å². The molecule has 1 fully saturated rings. The first kappa shape index (κ1) is 15.2. The predicted octanol–water partition coefficient (Wildman–Crippen LogP) is 2.36. The number of hydrogen-bond acceptors (Lipinski definition) is 3. The molecule has 1 aliphatic heterocycles. The molecule has 0 spiro atoms. The van der Waals surface area contributed by atoms with Crippen LogP contribution in [0.3, 0.4) is 0 Å². The number of carbonyl (C=O) groups excluding carboxylic acids is 1. The number of aromatic amines is 1. The minimum absolute atomic E-state index is 0.0276. The molecule has 1 aliphatic rings. The Morgan fingerprint density at radius 3 is 2.91 bits per heavy atom. The molecule has 0 aliphatic carbocycles. The van der Waals surface area contributed by atoms with E-state index in [1.165, 1.54) is 5.56 Å². The van der Waals surface area contributed by atoms with Crippen molar-refractivity contribution < 1.29 is 4.79 Å². The molecule has 2 heterocycles. The first-order chi connectivity index (χ1) is 10.8. The molecule has 5 heteroatoms. The highest BCUT2D eigenvalue weighted by Gasteiger charge is 2.23. The van der Waals surface area contributed by atoms with E-state index in [2.05, 4.69) is 39.5 Å². The lowest BCUT2D eigenvalue weighted by Crippen LogP contribution is -2.48. The van der Waals surface area contributed by atoms with Gasteiger partial charge in [-0.15, -0.1) is 0 Å². The number of carbonyl (C=O) groups is 1. The van der Waals surface area contributed by atoms with Gasteiger partial charge in [0.15, 0.2) is 0 Å². The SMILES string of the molecule is O=C(NC[C@@H]1CSCCN1Cc1ccccc1)c1ccc[nH]1. The van der Waals surface area contributed by atoms with Crippen molar-refractivity contribution in [2.45, 2.75) is 12.6 Å². The van der Waals surface area contributed by atoms with E-state index in [-0.39, 0.29) is 5.91 Å². The molecule has 2 N–H and O–H groups in total. The second-order valence-electron chi connectivity index (χ2n) is 5.48. The van der Waals surface area contributed by atoms with E-state index in [0.717, 1.165) is 24.6 Å². The van der Waals surface area contributed by atoms with Crippen molar-refractivity contribution in [3.8, 4) is 0 Å². The fraction of sp³-hybridized carbons (Fsp3) is 0.353. The molecule has 4 nitrogen and oxygen atoms in total. The molecule has 1 aromatic heterocycles.